The fourth-order valence-electron chi connectivity index (χ4n) is 2.70. The lowest BCUT2D eigenvalue weighted by molar-refractivity contribution is 0.490. The van der Waals surface area contributed by atoms with Crippen LogP contribution in [-0.4, -0.2) is 25.7 Å². The van der Waals surface area contributed by atoms with Gasteiger partial charge in [0.05, 0.1) is 0 Å². The molecule has 0 spiro atoms. The van der Waals surface area contributed by atoms with Gasteiger partial charge in [-0.2, -0.15) is 0 Å². The van der Waals surface area contributed by atoms with E-state index in [4.69, 9.17) is 0 Å². The van der Waals surface area contributed by atoms with Crippen LogP contribution in [0.3, 0.4) is 0 Å². The second-order valence-electron chi connectivity index (χ2n) is 5.35. The first-order valence-electron chi connectivity index (χ1n) is 6.29. The van der Waals surface area contributed by atoms with Crippen molar-refractivity contribution in [2.75, 3.05) is 18.5 Å². The minimum atomic E-state index is 0.645. The van der Waals surface area contributed by atoms with E-state index in [0.717, 1.165) is 12.6 Å². The summed E-state index contributed by atoms with van der Waals surface area (Å²) in [5, 5.41) is 3.74. The van der Waals surface area contributed by atoms with Crippen LogP contribution in [0.1, 0.15) is 24.0 Å². The van der Waals surface area contributed by atoms with E-state index in [1.807, 2.05) is 0 Å². The van der Waals surface area contributed by atoms with Crippen molar-refractivity contribution in [1.82, 2.24) is 5.32 Å². The SMILES string of the molecule is Cc1ccc2c(c1)CC(NC1CC1)CN2C. The molecule has 1 aromatic carbocycles. The van der Waals surface area contributed by atoms with Gasteiger partial charge in [-0.15, -0.1) is 0 Å². The van der Waals surface area contributed by atoms with Crippen molar-refractivity contribution < 1.29 is 0 Å². The van der Waals surface area contributed by atoms with Crippen LogP contribution in [0, 0.1) is 6.92 Å². The molecule has 86 valence electrons. The zero-order valence-corrected chi connectivity index (χ0v) is 10.2. The molecule has 0 amide bonds. The molecule has 0 radical (unpaired) electrons. The molecule has 3 rings (SSSR count). The van der Waals surface area contributed by atoms with Crippen LogP contribution < -0.4 is 10.2 Å². The zero-order chi connectivity index (χ0) is 11.1. The number of anilines is 1. The van der Waals surface area contributed by atoms with Gasteiger partial charge in [0.2, 0.25) is 0 Å². The highest BCUT2D eigenvalue weighted by atomic mass is 15.2. The van der Waals surface area contributed by atoms with Gasteiger partial charge in [-0.3, -0.25) is 0 Å². The summed E-state index contributed by atoms with van der Waals surface area (Å²) in [6.45, 7) is 3.32. The minimum Gasteiger partial charge on any atom is -0.373 e. The predicted octanol–water partition coefficient (Wildman–Crippen LogP) is 2.11. The first-order valence-corrected chi connectivity index (χ1v) is 6.29. The van der Waals surface area contributed by atoms with E-state index in [2.05, 4.69) is 42.4 Å². The largest absolute Gasteiger partial charge is 0.373 e. The fraction of sp³-hybridized carbons (Fsp3) is 0.571. The Bertz CT molecular complexity index is 396. The summed E-state index contributed by atoms with van der Waals surface area (Å²) in [6.07, 6.45) is 3.94. The second-order valence-corrected chi connectivity index (χ2v) is 5.35. The van der Waals surface area contributed by atoms with Gasteiger partial charge in [-0.25, -0.2) is 0 Å². The van der Waals surface area contributed by atoms with Gasteiger partial charge in [0.1, 0.15) is 0 Å². The molecule has 0 saturated heterocycles. The van der Waals surface area contributed by atoms with Crippen molar-refractivity contribution in [1.29, 1.82) is 0 Å². The van der Waals surface area contributed by atoms with E-state index >= 15 is 0 Å². The fourth-order valence-corrected chi connectivity index (χ4v) is 2.70. The lowest BCUT2D eigenvalue weighted by Crippen LogP contribution is -2.45. The maximum absolute atomic E-state index is 3.74. The summed E-state index contributed by atoms with van der Waals surface area (Å²) >= 11 is 0. The molecule has 1 aliphatic carbocycles. The number of rotatable bonds is 2. The molecule has 16 heavy (non-hydrogen) atoms. The minimum absolute atomic E-state index is 0.645. The Morgan fingerprint density at radius 1 is 1.25 bits per heavy atom. The van der Waals surface area contributed by atoms with Crippen molar-refractivity contribution in [3.05, 3.63) is 29.3 Å². The second kappa shape index (κ2) is 3.77. The molecule has 2 nitrogen and oxygen atoms in total. The molecular formula is C14H20N2. The predicted molar refractivity (Wildman–Crippen MR) is 68.1 cm³/mol. The van der Waals surface area contributed by atoms with Crippen LogP contribution >= 0.6 is 0 Å². The molecule has 0 bridgehead atoms. The van der Waals surface area contributed by atoms with E-state index in [-0.39, 0.29) is 0 Å². The highest BCUT2D eigenvalue weighted by Gasteiger charge is 2.28. The summed E-state index contributed by atoms with van der Waals surface area (Å²) in [4.78, 5) is 2.39. The molecule has 1 N–H and O–H groups in total. The highest BCUT2D eigenvalue weighted by Crippen LogP contribution is 2.28. The van der Waals surface area contributed by atoms with Gasteiger partial charge >= 0.3 is 0 Å². The maximum Gasteiger partial charge on any atom is 0.0397 e. The molecule has 1 aliphatic heterocycles. The van der Waals surface area contributed by atoms with Crippen LogP contribution in [0.4, 0.5) is 5.69 Å². The number of nitrogens with one attached hydrogen (secondary N) is 1. The van der Waals surface area contributed by atoms with Crippen molar-refractivity contribution in [3.63, 3.8) is 0 Å². The third-order valence-electron chi connectivity index (χ3n) is 3.66. The Morgan fingerprint density at radius 3 is 2.81 bits per heavy atom. The third-order valence-corrected chi connectivity index (χ3v) is 3.66. The first kappa shape index (κ1) is 10.2. The molecule has 1 heterocycles. The number of benzene rings is 1. The number of hydrogen-bond donors (Lipinski definition) is 1. The van der Waals surface area contributed by atoms with Crippen molar-refractivity contribution in [2.24, 2.45) is 0 Å². The van der Waals surface area contributed by atoms with Crippen LogP contribution in [0.15, 0.2) is 18.2 Å². The van der Waals surface area contributed by atoms with Crippen molar-refractivity contribution in [2.45, 2.75) is 38.3 Å². The standard InChI is InChI=1S/C14H20N2/c1-10-3-6-14-11(7-10)8-13(9-16(14)2)15-12-4-5-12/h3,6-7,12-13,15H,4-5,8-9H2,1-2H3. The first-order chi connectivity index (χ1) is 7.72. The lowest BCUT2D eigenvalue weighted by atomic mass is 9.96. The van der Waals surface area contributed by atoms with E-state index in [1.54, 1.807) is 0 Å². The van der Waals surface area contributed by atoms with Gasteiger partial charge in [-0.1, -0.05) is 17.7 Å². The quantitative estimate of drug-likeness (QED) is 0.814. The van der Waals surface area contributed by atoms with Crippen LogP contribution in [0.25, 0.3) is 0 Å². The van der Waals surface area contributed by atoms with Crippen LogP contribution in [0.2, 0.25) is 0 Å². The van der Waals surface area contributed by atoms with Crippen molar-refractivity contribution >= 4 is 5.69 Å². The normalized spacial score (nSPS) is 24.4. The molecule has 1 aromatic rings. The van der Waals surface area contributed by atoms with Gasteiger partial charge in [0.15, 0.2) is 0 Å². The number of aryl methyl sites for hydroxylation is 1. The van der Waals surface area contributed by atoms with Gasteiger partial charge in [-0.05, 0) is 37.8 Å². The average Bonchev–Trinajstić information content (AvgIpc) is 3.00. The molecule has 2 aliphatic rings. The molecular weight excluding hydrogens is 196 g/mol. The van der Waals surface area contributed by atoms with Gasteiger partial charge in [0, 0.05) is 31.4 Å². The summed E-state index contributed by atoms with van der Waals surface area (Å²) in [7, 11) is 2.20. The summed E-state index contributed by atoms with van der Waals surface area (Å²) in [5.74, 6) is 0. The average molecular weight is 216 g/mol. The smallest absolute Gasteiger partial charge is 0.0397 e. The number of hydrogen-bond acceptors (Lipinski definition) is 2. The number of nitrogens with zero attached hydrogens (tertiary/aromatic N) is 1. The molecule has 0 aromatic heterocycles. The molecule has 1 unspecified atom stereocenters. The topological polar surface area (TPSA) is 15.3 Å². The Balaban J connectivity index is 1.82. The van der Waals surface area contributed by atoms with E-state index in [0.29, 0.717) is 6.04 Å². The highest BCUT2D eigenvalue weighted by molar-refractivity contribution is 5.56. The molecule has 1 saturated carbocycles. The summed E-state index contributed by atoms with van der Waals surface area (Å²) in [5.41, 5.74) is 4.30. The maximum atomic E-state index is 3.74. The number of likely N-dealkylation sites (N-methyl/N-ethyl adjacent to an activating group) is 1. The van der Waals surface area contributed by atoms with E-state index in [9.17, 15) is 0 Å². The van der Waals surface area contributed by atoms with Crippen molar-refractivity contribution in [3.8, 4) is 0 Å². The van der Waals surface area contributed by atoms with E-state index in [1.165, 1.54) is 36.1 Å². The molecule has 1 fully saturated rings. The summed E-state index contributed by atoms with van der Waals surface area (Å²) in [6, 6.07) is 8.27. The Labute approximate surface area is 97.6 Å². The Hall–Kier alpha value is -1.02. The monoisotopic (exact) mass is 216 g/mol. The molecule has 2 heteroatoms. The van der Waals surface area contributed by atoms with Crippen LogP contribution in [0.5, 0.6) is 0 Å². The Kier molecular flexibility index (Phi) is 2.40. The lowest BCUT2D eigenvalue weighted by Gasteiger charge is -2.34. The number of fused-ring (bicyclic) bond motifs is 1. The Morgan fingerprint density at radius 2 is 2.06 bits per heavy atom. The molecule has 1 atom stereocenters. The zero-order valence-electron chi connectivity index (χ0n) is 10.2. The van der Waals surface area contributed by atoms with E-state index < -0.39 is 0 Å². The summed E-state index contributed by atoms with van der Waals surface area (Å²) < 4.78 is 0. The van der Waals surface area contributed by atoms with Gasteiger partial charge < -0.3 is 10.2 Å². The van der Waals surface area contributed by atoms with Crippen LogP contribution in [-0.2, 0) is 6.42 Å². The third kappa shape index (κ3) is 1.94. The van der Waals surface area contributed by atoms with Gasteiger partial charge in [0.25, 0.3) is 0 Å².